The van der Waals surface area contributed by atoms with Gasteiger partial charge in [-0.3, -0.25) is 0 Å². The first-order valence-corrected chi connectivity index (χ1v) is 9.52. The minimum absolute atomic E-state index is 0.461. The Morgan fingerprint density at radius 1 is 1.18 bits per heavy atom. The van der Waals surface area contributed by atoms with Gasteiger partial charge in [0.1, 0.15) is 0 Å². The summed E-state index contributed by atoms with van der Waals surface area (Å²) in [6.45, 7) is 6.16. The van der Waals surface area contributed by atoms with Crippen LogP contribution in [0.1, 0.15) is 63.9 Å². The van der Waals surface area contributed by atoms with Crippen molar-refractivity contribution in [2.75, 3.05) is 6.54 Å². The van der Waals surface area contributed by atoms with Crippen molar-refractivity contribution in [1.29, 1.82) is 0 Å². The van der Waals surface area contributed by atoms with Crippen LogP contribution in [0.3, 0.4) is 0 Å². The van der Waals surface area contributed by atoms with Crippen molar-refractivity contribution in [2.24, 2.45) is 23.7 Å². The van der Waals surface area contributed by atoms with Gasteiger partial charge in [-0.15, -0.1) is 0 Å². The number of rotatable bonds is 4. The molecule has 0 radical (unpaired) electrons. The molecule has 1 aromatic rings. The minimum atomic E-state index is 0.461. The lowest BCUT2D eigenvalue weighted by Gasteiger charge is -2.56. The maximum atomic E-state index is 4.06. The van der Waals surface area contributed by atoms with Crippen LogP contribution >= 0.6 is 0 Å². The number of benzene rings is 1. The summed E-state index contributed by atoms with van der Waals surface area (Å²) in [5.74, 6) is 4.39. The Morgan fingerprint density at radius 3 is 2.64 bits per heavy atom. The van der Waals surface area contributed by atoms with Gasteiger partial charge in [-0.05, 0) is 61.0 Å². The molecule has 120 valence electrons. The van der Waals surface area contributed by atoms with E-state index in [9.17, 15) is 0 Å². The minimum Gasteiger partial charge on any atom is -0.311 e. The van der Waals surface area contributed by atoms with Crippen LogP contribution in [-0.2, 0) is 0 Å². The number of nitrogens with one attached hydrogen (secondary N) is 1. The number of fused-ring (bicyclic) bond motifs is 2. The fraction of sp³-hybridized carbons (Fsp3) is 0.714. The Balaban J connectivity index is 1.63. The average Bonchev–Trinajstić information content (AvgIpc) is 3.36. The molecule has 2 saturated carbocycles. The van der Waals surface area contributed by atoms with E-state index in [4.69, 9.17) is 0 Å². The summed E-state index contributed by atoms with van der Waals surface area (Å²) in [5, 5.41) is 4.06. The fourth-order valence-corrected chi connectivity index (χ4v) is 5.50. The van der Waals surface area contributed by atoms with Gasteiger partial charge < -0.3 is 5.32 Å². The molecule has 1 N–H and O–H groups in total. The van der Waals surface area contributed by atoms with Crippen molar-refractivity contribution in [1.82, 2.24) is 5.32 Å². The van der Waals surface area contributed by atoms with Crippen LogP contribution in [0.4, 0.5) is 0 Å². The second kappa shape index (κ2) is 5.67. The molecule has 3 fully saturated rings. The van der Waals surface area contributed by atoms with Crippen LogP contribution in [0.25, 0.3) is 0 Å². The summed E-state index contributed by atoms with van der Waals surface area (Å²) in [7, 11) is 0. The molecule has 1 saturated heterocycles. The van der Waals surface area contributed by atoms with E-state index in [1.807, 2.05) is 0 Å². The van der Waals surface area contributed by atoms with Crippen molar-refractivity contribution >= 4 is 0 Å². The van der Waals surface area contributed by atoms with Gasteiger partial charge in [0.15, 0.2) is 0 Å². The van der Waals surface area contributed by atoms with E-state index in [0.717, 1.165) is 29.6 Å². The highest BCUT2D eigenvalue weighted by atomic mass is 15.0. The molecule has 5 atom stereocenters. The van der Waals surface area contributed by atoms with Crippen molar-refractivity contribution in [3.8, 4) is 0 Å². The first-order valence-electron chi connectivity index (χ1n) is 9.52. The molecule has 5 unspecified atom stereocenters. The van der Waals surface area contributed by atoms with Crippen LogP contribution in [0.5, 0.6) is 0 Å². The Hall–Kier alpha value is -0.820. The maximum Gasteiger partial charge on any atom is 0.0213 e. The molecule has 0 amide bonds. The molecule has 1 aliphatic heterocycles. The highest BCUT2D eigenvalue weighted by Gasteiger charge is 2.52. The zero-order valence-electron chi connectivity index (χ0n) is 14.2. The van der Waals surface area contributed by atoms with Crippen LogP contribution in [0.2, 0.25) is 0 Å². The third kappa shape index (κ3) is 2.52. The van der Waals surface area contributed by atoms with Crippen molar-refractivity contribution in [3.05, 3.63) is 35.9 Å². The summed E-state index contributed by atoms with van der Waals surface area (Å²) in [4.78, 5) is 0. The summed E-state index contributed by atoms with van der Waals surface area (Å²) >= 11 is 0. The van der Waals surface area contributed by atoms with Gasteiger partial charge in [0.2, 0.25) is 0 Å². The Morgan fingerprint density at radius 2 is 1.95 bits per heavy atom. The fourth-order valence-electron chi connectivity index (χ4n) is 5.50. The summed E-state index contributed by atoms with van der Waals surface area (Å²) in [5.41, 5.74) is 2.06. The second-order valence-electron chi connectivity index (χ2n) is 8.37. The van der Waals surface area contributed by atoms with Crippen molar-refractivity contribution in [2.45, 2.75) is 63.8 Å². The third-order valence-electron chi connectivity index (χ3n) is 7.09. The lowest BCUT2D eigenvalue weighted by Crippen LogP contribution is -2.62. The molecule has 22 heavy (non-hydrogen) atoms. The van der Waals surface area contributed by atoms with E-state index in [0.29, 0.717) is 5.54 Å². The van der Waals surface area contributed by atoms with E-state index in [1.54, 1.807) is 5.56 Å². The first kappa shape index (κ1) is 14.8. The number of piperidine rings is 1. The molecule has 2 aliphatic carbocycles. The SMILES string of the molecule is CCC1CNC2(CC3CC3)CC1C(c1ccccc1)CC2C. The molecule has 1 nitrogen and oxygen atoms in total. The van der Waals surface area contributed by atoms with Crippen molar-refractivity contribution < 1.29 is 0 Å². The topological polar surface area (TPSA) is 12.0 Å². The van der Waals surface area contributed by atoms with E-state index in [2.05, 4.69) is 49.5 Å². The van der Waals surface area contributed by atoms with E-state index in [-0.39, 0.29) is 0 Å². The largest absolute Gasteiger partial charge is 0.311 e. The molecule has 1 aromatic carbocycles. The monoisotopic (exact) mass is 297 g/mol. The Kier molecular flexibility index (Phi) is 3.80. The molecule has 2 bridgehead atoms. The molecule has 1 heterocycles. The highest BCUT2D eigenvalue weighted by Crippen LogP contribution is 2.54. The molecule has 0 spiro atoms. The zero-order chi connectivity index (χ0) is 15.2. The lowest BCUT2D eigenvalue weighted by molar-refractivity contribution is 0.00934. The lowest BCUT2D eigenvalue weighted by atomic mass is 9.56. The van der Waals surface area contributed by atoms with E-state index >= 15 is 0 Å². The van der Waals surface area contributed by atoms with Crippen LogP contribution in [-0.4, -0.2) is 12.1 Å². The first-order chi connectivity index (χ1) is 10.7. The summed E-state index contributed by atoms with van der Waals surface area (Å²) in [6, 6.07) is 11.4. The number of hydrogen-bond donors (Lipinski definition) is 1. The van der Waals surface area contributed by atoms with E-state index < -0.39 is 0 Å². The predicted molar refractivity (Wildman–Crippen MR) is 92.9 cm³/mol. The standard InChI is InChI=1S/C21H31N/c1-3-17-14-22-21(12-16-9-10-16)13-20(17)19(11-15(21)2)18-7-5-4-6-8-18/h4-8,15-17,19-20,22H,3,9-14H2,1-2H3. The van der Waals surface area contributed by atoms with Crippen LogP contribution < -0.4 is 5.32 Å². The number of hydrogen-bond acceptors (Lipinski definition) is 1. The quantitative estimate of drug-likeness (QED) is 0.826. The van der Waals surface area contributed by atoms with Gasteiger partial charge in [0, 0.05) is 5.54 Å². The van der Waals surface area contributed by atoms with E-state index in [1.165, 1.54) is 45.1 Å². The smallest absolute Gasteiger partial charge is 0.0213 e. The van der Waals surface area contributed by atoms with Gasteiger partial charge in [-0.25, -0.2) is 0 Å². The van der Waals surface area contributed by atoms with Gasteiger partial charge in [0.05, 0.1) is 0 Å². The normalized spacial score (nSPS) is 41.4. The highest BCUT2D eigenvalue weighted by molar-refractivity contribution is 5.24. The summed E-state index contributed by atoms with van der Waals surface area (Å²) in [6.07, 6.45) is 8.55. The zero-order valence-corrected chi connectivity index (χ0v) is 14.2. The van der Waals surface area contributed by atoms with Gasteiger partial charge in [-0.1, -0.05) is 63.4 Å². The molecular weight excluding hydrogens is 266 g/mol. The molecule has 4 rings (SSSR count). The average molecular weight is 297 g/mol. The maximum absolute atomic E-state index is 4.06. The van der Waals surface area contributed by atoms with Gasteiger partial charge in [0.25, 0.3) is 0 Å². The summed E-state index contributed by atoms with van der Waals surface area (Å²) < 4.78 is 0. The van der Waals surface area contributed by atoms with Crippen LogP contribution in [0.15, 0.2) is 30.3 Å². The predicted octanol–water partition coefficient (Wildman–Crippen LogP) is 4.98. The van der Waals surface area contributed by atoms with Crippen molar-refractivity contribution in [3.63, 3.8) is 0 Å². The molecule has 3 aliphatic rings. The third-order valence-corrected chi connectivity index (χ3v) is 7.09. The second-order valence-corrected chi connectivity index (χ2v) is 8.37. The molecule has 0 aromatic heterocycles. The Bertz CT molecular complexity index is 506. The van der Waals surface area contributed by atoms with Gasteiger partial charge >= 0.3 is 0 Å². The van der Waals surface area contributed by atoms with Gasteiger partial charge in [-0.2, -0.15) is 0 Å². The molecule has 1 heteroatoms. The van der Waals surface area contributed by atoms with Crippen LogP contribution in [0, 0.1) is 23.7 Å². The Labute approximate surface area is 135 Å². The molecular formula is C21H31N.